The average molecular weight is 346 g/mol. The number of hydrogen-bond donors (Lipinski definition) is 2. The maximum Gasteiger partial charge on any atom is 0.335 e. The molecular weight excluding hydrogens is 324 g/mol. The molecule has 0 aliphatic heterocycles. The summed E-state index contributed by atoms with van der Waals surface area (Å²) in [5.74, 6) is -1.02. The van der Waals surface area contributed by atoms with Crippen LogP contribution in [0.25, 0.3) is 20.2 Å². The highest BCUT2D eigenvalue weighted by Crippen LogP contribution is 2.24. The van der Waals surface area contributed by atoms with Crippen LogP contribution in [0.5, 0.6) is 0 Å². The van der Waals surface area contributed by atoms with Crippen LogP contribution >= 0.6 is 11.3 Å². The summed E-state index contributed by atoms with van der Waals surface area (Å²) >= 11 is 1.49. The summed E-state index contributed by atoms with van der Waals surface area (Å²) in [5, 5.41) is 18.1. The summed E-state index contributed by atoms with van der Waals surface area (Å²) in [6.07, 6.45) is -0.167. The number of fused-ring (bicyclic) bond motifs is 2. The van der Waals surface area contributed by atoms with Gasteiger partial charge in [0, 0.05) is 26.3 Å². The van der Waals surface area contributed by atoms with Gasteiger partial charge in [0.1, 0.15) is 0 Å². The van der Waals surface area contributed by atoms with Crippen molar-refractivity contribution in [1.82, 2.24) is 0 Å². The minimum atomic E-state index is -1.02. The third-order valence-corrected chi connectivity index (χ3v) is 3.97. The van der Waals surface area contributed by atoms with E-state index >= 15 is 0 Å². The molecular formula is C19H22O4S. The third-order valence-electron chi connectivity index (χ3n) is 2.82. The van der Waals surface area contributed by atoms with Gasteiger partial charge in [-0.1, -0.05) is 26.0 Å². The molecule has 3 aromatic rings. The number of hydrogen-bond acceptors (Lipinski definition) is 4. The second-order valence-corrected chi connectivity index (χ2v) is 6.12. The third kappa shape index (κ3) is 4.88. The number of carboxylic acid groups (broad SMARTS) is 1. The monoisotopic (exact) mass is 346 g/mol. The topological polar surface area (TPSA) is 74.6 Å². The van der Waals surface area contributed by atoms with Gasteiger partial charge in [-0.05, 0) is 44.2 Å². The standard InChI is InChI=1S/C14H8O3S.C3H8O.C2H6/c15-13-9-3-1-2-4-11(9)18-12-6-5-8(14(16)17)7-10(12)13;1-3(2)4;1-2/h1-7H,(H,16,17);3-4H,1-2H3;1-2H3. The molecule has 0 unspecified atom stereocenters. The second-order valence-electron chi connectivity index (χ2n) is 5.04. The summed E-state index contributed by atoms with van der Waals surface area (Å²) in [4.78, 5) is 23.2. The molecule has 0 aliphatic carbocycles. The summed E-state index contributed by atoms with van der Waals surface area (Å²) in [7, 11) is 0. The molecule has 0 bridgehead atoms. The normalized spacial score (nSPS) is 9.92. The molecule has 0 amide bonds. The van der Waals surface area contributed by atoms with Gasteiger partial charge in [0.05, 0.1) is 5.56 Å². The number of benzene rings is 2. The molecule has 1 aromatic heterocycles. The Morgan fingerprint density at radius 3 is 2.12 bits per heavy atom. The van der Waals surface area contributed by atoms with Crippen molar-refractivity contribution >= 4 is 37.5 Å². The molecule has 3 rings (SSSR count). The van der Waals surface area contributed by atoms with E-state index in [-0.39, 0.29) is 17.1 Å². The number of rotatable bonds is 1. The molecule has 2 N–H and O–H groups in total. The lowest BCUT2D eigenvalue weighted by atomic mass is 10.1. The van der Waals surface area contributed by atoms with E-state index in [9.17, 15) is 9.59 Å². The van der Waals surface area contributed by atoms with Gasteiger partial charge in [-0.2, -0.15) is 0 Å². The van der Waals surface area contributed by atoms with E-state index in [1.807, 2.05) is 32.0 Å². The van der Waals surface area contributed by atoms with Gasteiger partial charge in [0.2, 0.25) is 0 Å². The zero-order valence-corrected chi connectivity index (χ0v) is 15.1. The number of carbonyl (C=O) groups is 1. The molecule has 0 aliphatic rings. The van der Waals surface area contributed by atoms with Crippen LogP contribution in [0, 0.1) is 0 Å². The van der Waals surface area contributed by atoms with Crippen LogP contribution in [0.4, 0.5) is 0 Å². The van der Waals surface area contributed by atoms with Crippen molar-refractivity contribution in [1.29, 1.82) is 0 Å². The van der Waals surface area contributed by atoms with Gasteiger partial charge in [0.15, 0.2) is 5.43 Å². The number of aliphatic hydroxyl groups is 1. The highest BCUT2D eigenvalue weighted by Gasteiger charge is 2.09. The van der Waals surface area contributed by atoms with Crippen molar-refractivity contribution in [3.63, 3.8) is 0 Å². The van der Waals surface area contributed by atoms with Crippen molar-refractivity contribution in [2.45, 2.75) is 33.8 Å². The molecule has 5 heteroatoms. The van der Waals surface area contributed by atoms with Crippen molar-refractivity contribution in [3.8, 4) is 0 Å². The molecule has 4 nitrogen and oxygen atoms in total. The predicted molar refractivity (Wildman–Crippen MR) is 101 cm³/mol. The van der Waals surface area contributed by atoms with Gasteiger partial charge in [-0.3, -0.25) is 4.79 Å². The quantitative estimate of drug-likeness (QED) is 0.635. The fourth-order valence-corrected chi connectivity index (χ4v) is 2.99. The summed E-state index contributed by atoms with van der Waals surface area (Å²) < 4.78 is 1.72. The van der Waals surface area contributed by atoms with Crippen LogP contribution in [-0.4, -0.2) is 22.3 Å². The molecule has 2 aromatic carbocycles. The summed E-state index contributed by atoms with van der Waals surface area (Å²) in [6, 6.07) is 12.0. The van der Waals surface area contributed by atoms with Gasteiger partial charge < -0.3 is 10.2 Å². The number of aliphatic hydroxyl groups excluding tert-OH is 1. The highest BCUT2D eigenvalue weighted by molar-refractivity contribution is 7.24. The first-order valence-electron chi connectivity index (χ1n) is 7.77. The first kappa shape index (κ1) is 19.8. The highest BCUT2D eigenvalue weighted by atomic mass is 32.1. The first-order valence-corrected chi connectivity index (χ1v) is 8.58. The maximum absolute atomic E-state index is 12.3. The van der Waals surface area contributed by atoms with Crippen LogP contribution in [0.2, 0.25) is 0 Å². The molecule has 0 spiro atoms. The fourth-order valence-electron chi connectivity index (χ4n) is 1.94. The summed E-state index contributed by atoms with van der Waals surface area (Å²) in [6.45, 7) is 7.44. The predicted octanol–water partition coefficient (Wildman–Crippen LogP) is 4.53. The fraction of sp³-hybridized carbons (Fsp3) is 0.263. The Hall–Kier alpha value is -2.24. The zero-order valence-electron chi connectivity index (χ0n) is 14.2. The lowest BCUT2D eigenvalue weighted by molar-refractivity contribution is 0.0697. The van der Waals surface area contributed by atoms with E-state index in [0.29, 0.717) is 10.8 Å². The molecule has 24 heavy (non-hydrogen) atoms. The molecule has 1 heterocycles. The van der Waals surface area contributed by atoms with E-state index in [1.165, 1.54) is 23.5 Å². The SMILES string of the molecule is CC.CC(C)O.O=C(O)c1ccc2sc3ccccc3c(=O)c2c1. The van der Waals surface area contributed by atoms with Crippen LogP contribution in [0.15, 0.2) is 47.3 Å². The Bertz CT molecular complexity index is 879. The van der Waals surface area contributed by atoms with Gasteiger partial charge in [-0.15, -0.1) is 11.3 Å². The minimum Gasteiger partial charge on any atom is -0.478 e. The minimum absolute atomic E-state index is 0.109. The zero-order chi connectivity index (χ0) is 18.3. The van der Waals surface area contributed by atoms with E-state index < -0.39 is 5.97 Å². The van der Waals surface area contributed by atoms with Crippen molar-refractivity contribution < 1.29 is 15.0 Å². The van der Waals surface area contributed by atoms with Crippen LogP contribution in [0.3, 0.4) is 0 Å². The summed E-state index contributed by atoms with van der Waals surface area (Å²) in [5.41, 5.74) is 0.0320. The Morgan fingerprint density at radius 2 is 1.54 bits per heavy atom. The van der Waals surface area contributed by atoms with E-state index in [4.69, 9.17) is 10.2 Å². The van der Waals surface area contributed by atoms with Crippen molar-refractivity contribution in [2.24, 2.45) is 0 Å². The van der Waals surface area contributed by atoms with Crippen LogP contribution < -0.4 is 5.43 Å². The Morgan fingerprint density at radius 1 is 1.00 bits per heavy atom. The lowest BCUT2D eigenvalue weighted by Crippen LogP contribution is -2.03. The number of aromatic carboxylic acids is 1. The van der Waals surface area contributed by atoms with E-state index in [1.54, 1.807) is 26.0 Å². The molecule has 0 saturated carbocycles. The molecule has 0 saturated heterocycles. The van der Waals surface area contributed by atoms with Gasteiger partial charge >= 0.3 is 5.97 Å². The molecule has 0 radical (unpaired) electrons. The van der Waals surface area contributed by atoms with Crippen LogP contribution in [0.1, 0.15) is 38.1 Å². The largest absolute Gasteiger partial charge is 0.478 e. The Kier molecular flexibility index (Phi) is 7.55. The van der Waals surface area contributed by atoms with E-state index in [2.05, 4.69) is 0 Å². The lowest BCUT2D eigenvalue weighted by Gasteiger charge is -2.01. The van der Waals surface area contributed by atoms with E-state index in [0.717, 1.165) is 9.40 Å². The number of carboxylic acids is 1. The van der Waals surface area contributed by atoms with Crippen molar-refractivity contribution in [2.75, 3.05) is 0 Å². The Labute approximate surface area is 145 Å². The smallest absolute Gasteiger partial charge is 0.335 e. The molecule has 128 valence electrons. The Balaban J connectivity index is 0.000000423. The average Bonchev–Trinajstić information content (AvgIpc) is 2.56. The van der Waals surface area contributed by atoms with Crippen molar-refractivity contribution in [3.05, 3.63) is 58.3 Å². The molecule has 0 fully saturated rings. The maximum atomic E-state index is 12.3. The molecule has 0 atom stereocenters. The van der Waals surface area contributed by atoms with Crippen LogP contribution in [-0.2, 0) is 0 Å². The second kappa shape index (κ2) is 9.15. The van der Waals surface area contributed by atoms with Gasteiger partial charge in [-0.25, -0.2) is 4.79 Å². The first-order chi connectivity index (χ1) is 11.4. The van der Waals surface area contributed by atoms with Gasteiger partial charge in [0.25, 0.3) is 0 Å².